The summed E-state index contributed by atoms with van der Waals surface area (Å²) >= 11 is 0. The summed E-state index contributed by atoms with van der Waals surface area (Å²) in [7, 11) is 0. The maximum absolute atomic E-state index is 13.0. The fourth-order valence-electron chi connectivity index (χ4n) is 5.14. The van der Waals surface area contributed by atoms with Gasteiger partial charge in [-0.15, -0.1) is 15.3 Å². The highest BCUT2D eigenvalue weighted by molar-refractivity contribution is 5.93. The number of hydrogen-bond donors (Lipinski definition) is 1. The summed E-state index contributed by atoms with van der Waals surface area (Å²) in [4.78, 5) is 20.3. The molecular formula is C25H32N8O. The van der Waals surface area contributed by atoms with Crippen LogP contribution in [0.1, 0.15) is 25.7 Å². The molecule has 0 atom stereocenters. The molecule has 0 radical (unpaired) electrons. The zero-order valence-electron chi connectivity index (χ0n) is 19.5. The maximum atomic E-state index is 13.0. The summed E-state index contributed by atoms with van der Waals surface area (Å²) in [6.45, 7) is 7.26. The minimum absolute atomic E-state index is 0.0181. The second-order valence-electron chi connectivity index (χ2n) is 9.86. The molecule has 2 aliphatic heterocycles. The van der Waals surface area contributed by atoms with E-state index in [9.17, 15) is 4.79 Å². The average molecular weight is 461 g/mol. The molecule has 3 aliphatic rings. The predicted octanol–water partition coefficient (Wildman–Crippen LogP) is 2.51. The predicted molar refractivity (Wildman–Crippen MR) is 132 cm³/mol. The number of nitrogens with one attached hydrogen (secondary N) is 1. The van der Waals surface area contributed by atoms with E-state index in [0.717, 1.165) is 75.2 Å². The third-order valence-electron chi connectivity index (χ3n) is 7.40. The molecule has 9 heteroatoms. The summed E-state index contributed by atoms with van der Waals surface area (Å²) in [5.41, 5.74) is 2.83. The maximum Gasteiger partial charge on any atom is 0.227 e. The fraction of sp³-hybridized carbons (Fsp3) is 0.520. The number of anilines is 3. The first-order valence-electron chi connectivity index (χ1n) is 12.5. The van der Waals surface area contributed by atoms with Gasteiger partial charge in [0, 0.05) is 63.1 Å². The molecule has 9 nitrogen and oxygen atoms in total. The van der Waals surface area contributed by atoms with E-state index in [-0.39, 0.29) is 11.8 Å². The van der Waals surface area contributed by atoms with Gasteiger partial charge >= 0.3 is 0 Å². The van der Waals surface area contributed by atoms with Crippen LogP contribution in [-0.4, -0.2) is 76.4 Å². The van der Waals surface area contributed by atoms with Crippen molar-refractivity contribution in [2.75, 3.05) is 60.9 Å². The van der Waals surface area contributed by atoms with Crippen molar-refractivity contribution in [3.63, 3.8) is 0 Å². The largest absolute Gasteiger partial charge is 0.369 e. The molecule has 2 saturated heterocycles. The molecule has 0 bridgehead atoms. The lowest BCUT2D eigenvalue weighted by Gasteiger charge is -2.36. The standard InChI is InChI=1S/C25H32N8O/c34-25(20-8-10-32(11-9-20)24-7-6-23-28-26-18-33(23)29-24)27-21-2-1-3-22(16-21)31-14-12-30(13-15-31)17-19-4-5-19/h1-3,6-7,16,18-20H,4-5,8-15,17H2,(H,27,34). The highest BCUT2D eigenvalue weighted by atomic mass is 16.1. The molecule has 0 spiro atoms. The molecule has 178 valence electrons. The van der Waals surface area contributed by atoms with E-state index < -0.39 is 0 Å². The third-order valence-corrected chi connectivity index (χ3v) is 7.40. The lowest BCUT2D eigenvalue weighted by molar-refractivity contribution is -0.120. The van der Waals surface area contributed by atoms with Gasteiger partial charge in [-0.25, -0.2) is 0 Å². The van der Waals surface area contributed by atoms with Crippen LogP contribution in [0, 0.1) is 11.8 Å². The van der Waals surface area contributed by atoms with Crippen molar-refractivity contribution >= 4 is 28.7 Å². The van der Waals surface area contributed by atoms with E-state index in [1.165, 1.54) is 25.1 Å². The number of carbonyl (C=O) groups is 1. The minimum atomic E-state index is 0.0181. The van der Waals surface area contributed by atoms with Crippen molar-refractivity contribution in [1.82, 2.24) is 24.7 Å². The van der Waals surface area contributed by atoms with Crippen molar-refractivity contribution in [3.05, 3.63) is 42.7 Å². The van der Waals surface area contributed by atoms with E-state index in [0.29, 0.717) is 0 Å². The topological polar surface area (TPSA) is 81.9 Å². The van der Waals surface area contributed by atoms with Crippen LogP contribution in [0.25, 0.3) is 5.65 Å². The van der Waals surface area contributed by atoms with Gasteiger partial charge < -0.3 is 15.1 Å². The lowest BCUT2D eigenvalue weighted by atomic mass is 9.96. The molecule has 0 unspecified atom stereocenters. The molecule has 1 saturated carbocycles. The molecule has 1 N–H and O–H groups in total. The van der Waals surface area contributed by atoms with Crippen LogP contribution in [0.2, 0.25) is 0 Å². The normalized spacial score (nSPS) is 20.1. The fourth-order valence-corrected chi connectivity index (χ4v) is 5.14. The first-order valence-corrected chi connectivity index (χ1v) is 12.5. The van der Waals surface area contributed by atoms with Gasteiger partial charge in [-0.1, -0.05) is 6.07 Å². The number of rotatable bonds is 6. The Kier molecular flexibility index (Phi) is 5.78. The van der Waals surface area contributed by atoms with Gasteiger partial charge in [0.05, 0.1) is 0 Å². The van der Waals surface area contributed by atoms with Gasteiger partial charge in [-0.05, 0) is 61.9 Å². The Morgan fingerprint density at radius 2 is 1.76 bits per heavy atom. The van der Waals surface area contributed by atoms with Crippen molar-refractivity contribution in [3.8, 4) is 0 Å². The van der Waals surface area contributed by atoms with Gasteiger partial charge in [-0.2, -0.15) is 4.52 Å². The summed E-state index contributed by atoms with van der Waals surface area (Å²) in [6, 6.07) is 12.2. The quantitative estimate of drug-likeness (QED) is 0.605. The van der Waals surface area contributed by atoms with Crippen molar-refractivity contribution in [2.45, 2.75) is 25.7 Å². The lowest BCUT2D eigenvalue weighted by Crippen LogP contribution is -2.47. The summed E-state index contributed by atoms with van der Waals surface area (Å²) in [6.07, 6.45) is 6.07. The molecule has 6 rings (SSSR count). The molecule has 1 aromatic carbocycles. The highest BCUT2D eigenvalue weighted by Gasteiger charge is 2.28. The monoisotopic (exact) mass is 460 g/mol. The van der Waals surface area contributed by atoms with E-state index >= 15 is 0 Å². The summed E-state index contributed by atoms with van der Waals surface area (Å²) < 4.78 is 1.69. The number of fused-ring (bicyclic) bond motifs is 1. The van der Waals surface area contributed by atoms with Crippen LogP contribution in [-0.2, 0) is 4.79 Å². The van der Waals surface area contributed by atoms with Crippen molar-refractivity contribution in [1.29, 1.82) is 0 Å². The van der Waals surface area contributed by atoms with Crippen LogP contribution in [0.15, 0.2) is 42.7 Å². The van der Waals surface area contributed by atoms with Gasteiger partial charge in [0.2, 0.25) is 5.91 Å². The Labute approximate surface area is 199 Å². The van der Waals surface area contributed by atoms with Crippen LogP contribution < -0.4 is 15.1 Å². The Balaban J connectivity index is 1.02. The van der Waals surface area contributed by atoms with Gasteiger partial charge in [0.15, 0.2) is 5.65 Å². The van der Waals surface area contributed by atoms with E-state index in [4.69, 9.17) is 0 Å². The summed E-state index contributed by atoms with van der Waals surface area (Å²) in [5.74, 6) is 1.99. The number of carbonyl (C=O) groups excluding carboxylic acids is 1. The number of aromatic nitrogens is 4. The molecule has 2 aromatic heterocycles. The van der Waals surface area contributed by atoms with Gasteiger partial charge in [0.25, 0.3) is 0 Å². The minimum Gasteiger partial charge on any atom is -0.369 e. The van der Waals surface area contributed by atoms with E-state index in [1.54, 1.807) is 10.8 Å². The van der Waals surface area contributed by atoms with Crippen molar-refractivity contribution < 1.29 is 4.79 Å². The number of hydrogen-bond acceptors (Lipinski definition) is 7. The third kappa shape index (κ3) is 4.70. The number of nitrogens with zero attached hydrogens (tertiary/aromatic N) is 7. The van der Waals surface area contributed by atoms with Crippen LogP contribution in [0.4, 0.5) is 17.2 Å². The molecule has 3 fully saturated rings. The Morgan fingerprint density at radius 1 is 0.941 bits per heavy atom. The second-order valence-corrected chi connectivity index (χ2v) is 9.86. The highest BCUT2D eigenvalue weighted by Crippen LogP contribution is 2.30. The number of amides is 1. The number of piperazine rings is 1. The molecule has 4 heterocycles. The Morgan fingerprint density at radius 3 is 2.56 bits per heavy atom. The first-order chi connectivity index (χ1) is 16.7. The van der Waals surface area contributed by atoms with Crippen LogP contribution in [0.3, 0.4) is 0 Å². The SMILES string of the molecule is O=C(Nc1cccc(N2CCN(CC3CC3)CC2)c1)C1CCN(c2ccc3nncn3n2)CC1. The average Bonchev–Trinajstić information content (AvgIpc) is 3.57. The molecule has 34 heavy (non-hydrogen) atoms. The smallest absolute Gasteiger partial charge is 0.227 e. The van der Waals surface area contributed by atoms with E-state index in [1.807, 2.05) is 18.2 Å². The van der Waals surface area contributed by atoms with Crippen LogP contribution >= 0.6 is 0 Å². The zero-order valence-corrected chi connectivity index (χ0v) is 19.5. The molecular weight excluding hydrogens is 428 g/mol. The van der Waals surface area contributed by atoms with Crippen molar-refractivity contribution in [2.24, 2.45) is 11.8 Å². The number of piperidine rings is 1. The zero-order chi connectivity index (χ0) is 22.9. The Hall–Kier alpha value is -3.20. The molecule has 3 aromatic rings. The number of benzene rings is 1. The van der Waals surface area contributed by atoms with E-state index in [2.05, 4.69) is 53.5 Å². The van der Waals surface area contributed by atoms with Crippen LogP contribution in [0.5, 0.6) is 0 Å². The molecule has 1 amide bonds. The van der Waals surface area contributed by atoms with Gasteiger partial charge in [-0.3, -0.25) is 9.69 Å². The summed E-state index contributed by atoms with van der Waals surface area (Å²) in [5, 5.41) is 15.7. The first kappa shape index (κ1) is 21.3. The second kappa shape index (κ2) is 9.21. The van der Waals surface area contributed by atoms with Gasteiger partial charge in [0.1, 0.15) is 12.1 Å². The molecule has 1 aliphatic carbocycles. The Bertz CT molecular complexity index is 1140.